The van der Waals surface area contributed by atoms with Crippen molar-refractivity contribution in [2.45, 2.75) is 105 Å². The predicted octanol–water partition coefficient (Wildman–Crippen LogP) is 4.10. The van der Waals surface area contributed by atoms with Gasteiger partial charge in [-0.05, 0) is 81.1 Å². The molecule has 6 heteroatoms. The van der Waals surface area contributed by atoms with Crippen molar-refractivity contribution in [3.8, 4) is 0 Å². The van der Waals surface area contributed by atoms with Crippen molar-refractivity contribution in [1.82, 2.24) is 10.6 Å². The van der Waals surface area contributed by atoms with Crippen LogP contribution < -0.4 is 10.6 Å². The highest BCUT2D eigenvalue weighted by molar-refractivity contribution is 5.74. The Labute approximate surface area is 161 Å². The van der Waals surface area contributed by atoms with Gasteiger partial charge in [0.15, 0.2) is 0 Å². The Kier molecular flexibility index (Phi) is 13.9. The highest BCUT2D eigenvalue weighted by atomic mass is 16.5. The fourth-order valence-electron chi connectivity index (χ4n) is 2.09. The summed E-state index contributed by atoms with van der Waals surface area (Å²) in [6.45, 7) is 17.9. The van der Waals surface area contributed by atoms with Crippen molar-refractivity contribution in [1.29, 1.82) is 0 Å². The minimum atomic E-state index is 0.231. The normalized spacial score (nSPS) is 13.1. The second-order valence-corrected chi connectivity index (χ2v) is 7.77. The van der Waals surface area contributed by atoms with E-state index in [4.69, 9.17) is 9.47 Å². The lowest BCUT2D eigenvalue weighted by molar-refractivity contribution is 0.257. The van der Waals surface area contributed by atoms with Crippen LogP contribution in [0.25, 0.3) is 0 Å². The molecule has 0 amide bonds. The lowest BCUT2D eigenvalue weighted by Crippen LogP contribution is -2.33. The van der Waals surface area contributed by atoms with Crippen LogP contribution >= 0.6 is 0 Å². The summed E-state index contributed by atoms with van der Waals surface area (Å²) in [6.07, 6.45) is 4.28. The first-order chi connectivity index (χ1) is 12.2. The highest BCUT2D eigenvalue weighted by Gasteiger charge is 2.05. The molecule has 0 aromatic rings. The molecule has 2 N–H and O–H groups in total. The van der Waals surface area contributed by atoms with E-state index in [0.717, 1.165) is 25.7 Å². The van der Waals surface area contributed by atoms with E-state index in [1.807, 2.05) is 0 Å². The van der Waals surface area contributed by atoms with Gasteiger partial charge < -0.3 is 20.1 Å². The third-order valence-electron chi connectivity index (χ3n) is 3.09. The maximum absolute atomic E-state index is 5.77. The fraction of sp³-hybridized carbons (Fsp3) is 0.900. The van der Waals surface area contributed by atoms with Gasteiger partial charge in [0.2, 0.25) is 0 Å². The Morgan fingerprint density at radius 1 is 0.615 bits per heavy atom. The topological polar surface area (TPSA) is 67.2 Å². The number of ether oxygens (including phenoxy) is 2. The van der Waals surface area contributed by atoms with Gasteiger partial charge in [0.1, 0.15) is 0 Å². The molecule has 0 saturated carbocycles. The number of nitrogens with zero attached hydrogens (tertiary/aromatic N) is 2. The zero-order valence-electron chi connectivity index (χ0n) is 18.3. The summed E-state index contributed by atoms with van der Waals surface area (Å²) in [6, 6.07) is 2.43. The molecule has 0 aromatic heterocycles. The highest BCUT2D eigenvalue weighted by Crippen LogP contribution is 2.02. The number of hydrogen-bond acceptors (Lipinski definition) is 4. The quantitative estimate of drug-likeness (QED) is 0.326. The van der Waals surface area contributed by atoms with Crippen LogP contribution in [-0.2, 0) is 9.47 Å². The first kappa shape index (κ1) is 24.5. The van der Waals surface area contributed by atoms with E-state index in [-0.39, 0.29) is 12.1 Å². The predicted molar refractivity (Wildman–Crippen MR) is 112 cm³/mol. The van der Waals surface area contributed by atoms with Crippen molar-refractivity contribution in [2.75, 3.05) is 13.2 Å². The van der Waals surface area contributed by atoms with Gasteiger partial charge in [0, 0.05) is 24.2 Å². The Hall–Kier alpha value is -1.46. The van der Waals surface area contributed by atoms with Crippen LogP contribution in [0.4, 0.5) is 0 Å². The second-order valence-electron chi connectivity index (χ2n) is 7.77. The molecule has 0 unspecified atom stereocenters. The summed E-state index contributed by atoms with van der Waals surface area (Å²) in [5.41, 5.74) is 0. The van der Waals surface area contributed by atoms with Crippen LogP contribution in [0.15, 0.2) is 9.98 Å². The average molecular weight is 371 g/mol. The Morgan fingerprint density at radius 2 is 0.962 bits per heavy atom. The van der Waals surface area contributed by atoms with Crippen LogP contribution in [0, 0.1) is 0 Å². The van der Waals surface area contributed by atoms with Gasteiger partial charge in [-0.2, -0.15) is 0 Å². The monoisotopic (exact) mass is 370 g/mol. The molecule has 0 aliphatic rings. The number of nitrogens with one attached hydrogen (secondary N) is 2. The maximum Gasteiger partial charge on any atom is 0.285 e. The molecule has 0 spiro atoms. The van der Waals surface area contributed by atoms with Crippen LogP contribution in [0.3, 0.4) is 0 Å². The number of rotatable bonds is 11. The third kappa shape index (κ3) is 16.0. The molecule has 0 saturated heterocycles. The zero-order valence-corrected chi connectivity index (χ0v) is 18.3. The molecule has 0 fully saturated rings. The van der Waals surface area contributed by atoms with E-state index >= 15 is 0 Å². The summed E-state index contributed by atoms with van der Waals surface area (Å²) in [5, 5.41) is 6.51. The summed E-state index contributed by atoms with van der Waals surface area (Å²) >= 11 is 0. The summed E-state index contributed by atoms with van der Waals surface area (Å²) in [5.74, 6) is 0. The number of amidine groups is 2. The standard InChI is InChI=1S/C20H42N4O2/c1-15(2)21-19(22-16(3)4)25-13-11-9-10-12-14-26-20(23-17(5)6)24-18(7)8/h15-18H,9-14H2,1-8H3,(H,21,22)(H,23,24). The van der Waals surface area contributed by atoms with Crippen LogP contribution in [0.2, 0.25) is 0 Å². The number of aliphatic imine (C=N–C) groups is 2. The summed E-state index contributed by atoms with van der Waals surface area (Å²) < 4.78 is 11.5. The van der Waals surface area contributed by atoms with Crippen molar-refractivity contribution >= 4 is 12.0 Å². The van der Waals surface area contributed by atoms with E-state index < -0.39 is 0 Å². The summed E-state index contributed by atoms with van der Waals surface area (Å²) in [4.78, 5) is 8.95. The molecular formula is C20H42N4O2. The van der Waals surface area contributed by atoms with Gasteiger partial charge in [-0.25, -0.2) is 9.98 Å². The molecule has 26 heavy (non-hydrogen) atoms. The van der Waals surface area contributed by atoms with Gasteiger partial charge in [0.05, 0.1) is 13.2 Å². The second kappa shape index (κ2) is 14.7. The molecule has 0 rings (SSSR count). The van der Waals surface area contributed by atoms with Gasteiger partial charge >= 0.3 is 0 Å². The molecule has 0 bridgehead atoms. The fourth-order valence-corrected chi connectivity index (χ4v) is 2.09. The van der Waals surface area contributed by atoms with E-state index in [0.29, 0.717) is 37.3 Å². The average Bonchev–Trinajstić information content (AvgIpc) is 2.47. The largest absolute Gasteiger partial charge is 0.465 e. The molecule has 6 nitrogen and oxygen atoms in total. The van der Waals surface area contributed by atoms with Crippen molar-refractivity contribution in [3.05, 3.63) is 0 Å². The van der Waals surface area contributed by atoms with Crippen LogP contribution in [0.5, 0.6) is 0 Å². The minimum Gasteiger partial charge on any atom is -0.465 e. The van der Waals surface area contributed by atoms with E-state index in [1.165, 1.54) is 0 Å². The molecule has 0 radical (unpaired) electrons. The first-order valence-corrected chi connectivity index (χ1v) is 10.1. The smallest absolute Gasteiger partial charge is 0.285 e. The molecule has 0 aliphatic heterocycles. The van der Waals surface area contributed by atoms with E-state index in [1.54, 1.807) is 0 Å². The molecule has 0 aliphatic carbocycles. The van der Waals surface area contributed by atoms with Crippen molar-refractivity contribution in [3.63, 3.8) is 0 Å². The first-order valence-electron chi connectivity index (χ1n) is 10.1. The molecule has 0 aromatic carbocycles. The Balaban J connectivity index is 3.92. The molecular weight excluding hydrogens is 328 g/mol. The third-order valence-corrected chi connectivity index (χ3v) is 3.09. The van der Waals surface area contributed by atoms with Gasteiger partial charge in [-0.15, -0.1) is 0 Å². The molecule has 154 valence electrons. The Bertz CT molecular complexity index is 367. The molecule has 0 atom stereocenters. The SMILES string of the molecule is CC(C)N=C(NC(C)C)OCCCCCCOC(=NC(C)C)NC(C)C. The lowest BCUT2D eigenvalue weighted by Gasteiger charge is -2.15. The number of unbranched alkanes of at least 4 members (excludes halogenated alkanes) is 3. The van der Waals surface area contributed by atoms with Crippen LogP contribution in [0.1, 0.15) is 81.1 Å². The van der Waals surface area contributed by atoms with E-state index in [2.05, 4.69) is 76.0 Å². The van der Waals surface area contributed by atoms with Crippen molar-refractivity contribution in [2.24, 2.45) is 9.98 Å². The minimum absolute atomic E-state index is 0.231. The summed E-state index contributed by atoms with van der Waals surface area (Å²) in [7, 11) is 0. The Morgan fingerprint density at radius 3 is 1.23 bits per heavy atom. The number of hydrogen-bond donors (Lipinski definition) is 2. The van der Waals surface area contributed by atoms with Gasteiger partial charge in [-0.1, -0.05) is 0 Å². The lowest BCUT2D eigenvalue weighted by atomic mass is 10.2. The zero-order chi connectivity index (χ0) is 19.9. The van der Waals surface area contributed by atoms with Crippen molar-refractivity contribution < 1.29 is 9.47 Å². The van der Waals surface area contributed by atoms with Gasteiger partial charge in [0.25, 0.3) is 12.0 Å². The van der Waals surface area contributed by atoms with E-state index in [9.17, 15) is 0 Å². The van der Waals surface area contributed by atoms with Gasteiger partial charge in [-0.3, -0.25) is 0 Å². The maximum atomic E-state index is 5.77. The molecule has 0 heterocycles. The van der Waals surface area contributed by atoms with Crippen LogP contribution in [-0.4, -0.2) is 49.4 Å².